The van der Waals surface area contributed by atoms with Crippen molar-refractivity contribution >= 4 is 18.1 Å². The van der Waals surface area contributed by atoms with E-state index in [9.17, 15) is 4.79 Å². The first-order chi connectivity index (χ1) is 7.13. The van der Waals surface area contributed by atoms with Gasteiger partial charge in [0.1, 0.15) is 0 Å². The molecule has 0 saturated carbocycles. The highest BCUT2D eigenvalue weighted by molar-refractivity contribution is 5.92. The number of carboxylic acids is 1. The Morgan fingerprint density at radius 3 is 2.60 bits per heavy atom. The summed E-state index contributed by atoms with van der Waals surface area (Å²) in [6, 6.07) is 1.61. The minimum Gasteiger partial charge on any atom is -0.481 e. The van der Waals surface area contributed by atoms with Crippen LogP contribution in [0, 0.1) is 0 Å². The summed E-state index contributed by atoms with van der Waals surface area (Å²) in [5, 5.41) is 8.94. The summed E-state index contributed by atoms with van der Waals surface area (Å²) in [6.45, 7) is 7.14. The fourth-order valence-electron chi connectivity index (χ4n) is 1.20. The molecule has 0 aromatic carbocycles. The van der Waals surface area contributed by atoms with E-state index in [0.29, 0.717) is 11.1 Å². The van der Waals surface area contributed by atoms with Gasteiger partial charge < -0.3 is 9.84 Å². The standard InChI is InChI=1S/C11H11NO3/c1-4-7-6-9(15-3)12-10(11(13)14)8(7)5-2/h4-6H,1-2H2,3H3,(H,13,14). The lowest BCUT2D eigenvalue weighted by molar-refractivity contribution is 0.0689. The molecule has 1 N–H and O–H groups in total. The van der Waals surface area contributed by atoms with E-state index < -0.39 is 5.97 Å². The lowest BCUT2D eigenvalue weighted by Crippen LogP contribution is -2.06. The number of pyridine rings is 1. The van der Waals surface area contributed by atoms with E-state index in [1.54, 1.807) is 6.07 Å². The van der Waals surface area contributed by atoms with E-state index in [1.165, 1.54) is 19.3 Å². The zero-order valence-corrected chi connectivity index (χ0v) is 8.36. The molecule has 0 unspecified atom stereocenters. The number of hydrogen-bond donors (Lipinski definition) is 1. The Hall–Kier alpha value is -2.10. The molecule has 0 aliphatic carbocycles. The molecular formula is C11H11NO3. The molecule has 0 amide bonds. The van der Waals surface area contributed by atoms with E-state index in [4.69, 9.17) is 9.84 Å². The van der Waals surface area contributed by atoms with Crippen LogP contribution in [0.25, 0.3) is 12.2 Å². The van der Waals surface area contributed by atoms with Gasteiger partial charge in [0.25, 0.3) is 0 Å². The molecule has 0 spiro atoms. The molecule has 0 aliphatic rings. The third-order valence-electron chi connectivity index (χ3n) is 1.90. The molecule has 1 aromatic heterocycles. The largest absolute Gasteiger partial charge is 0.481 e. The van der Waals surface area contributed by atoms with Crippen LogP contribution in [0.15, 0.2) is 19.2 Å². The van der Waals surface area contributed by atoms with E-state index in [1.807, 2.05) is 0 Å². The highest BCUT2D eigenvalue weighted by atomic mass is 16.5. The van der Waals surface area contributed by atoms with Crippen molar-refractivity contribution in [3.8, 4) is 5.88 Å². The Balaban J connectivity index is 3.52. The molecule has 0 saturated heterocycles. The summed E-state index contributed by atoms with van der Waals surface area (Å²) >= 11 is 0. The highest BCUT2D eigenvalue weighted by Gasteiger charge is 2.14. The predicted molar refractivity (Wildman–Crippen MR) is 57.9 cm³/mol. The van der Waals surface area contributed by atoms with Gasteiger partial charge in [-0.1, -0.05) is 25.3 Å². The van der Waals surface area contributed by atoms with Crippen molar-refractivity contribution in [2.45, 2.75) is 0 Å². The van der Waals surface area contributed by atoms with Crippen molar-refractivity contribution in [1.29, 1.82) is 0 Å². The average Bonchev–Trinajstić information content (AvgIpc) is 2.26. The molecule has 4 heteroatoms. The first-order valence-electron chi connectivity index (χ1n) is 4.21. The van der Waals surface area contributed by atoms with Gasteiger partial charge in [-0.2, -0.15) is 0 Å². The second kappa shape index (κ2) is 4.41. The lowest BCUT2D eigenvalue weighted by Gasteiger charge is -2.07. The number of carboxylic acid groups (broad SMARTS) is 1. The molecule has 0 radical (unpaired) electrons. The molecule has 1 rings (SSSR count). The summed E-state index contributed by atoms with van der Waals surface area (Å²) < 4.78 is 4.89. The van der Waals surface area contributed by atoms with Gasteiger partial charge in [0, 0.05) is 11.6 Å². The highest BCUT2D eigenvalue weighted by Crippen LogP contribution is 2.21. The summed E-state index contributed by atoms with van der Waals surface area (Å²) in [7, 11) is 1.43. The quantitative estimate of drug-likeness (QED) is 0.817. The number of hydrogen-bond acceptors (Lipinski definition) is 3. The molecule has 0 atom stereocenters. The number of aromatic carboxylic acids is 1. The smallest absolute Gasteiger partial charge is 0.355 e. The van der Waals surface area contributed by atoms with Crippen molar-refractivity contribution in [3.05, 3.63) is 36.0 Å². The van der Waals surface area contributed by atoms with Crippen molar-refractivity contribution < 1.29 is 14.6 Å². The molecule has 15 heavy (non-hydrogen) atoms. The normalized spacial score (nSPS) is 9.40. The molecule has 0 bridgehead atoms. The van der Waals surface area contributed by atoms with Crippen LogP contribution < -0.4 is 4.74 Å². The average molecular weight is 205 g/mol. The third kappa shape index (κ3) is 2.04. The topological polar surface area (TPSA) is 59.4 Å². The van der Waals surface area contributed by atoms with Gasteiger partial charge in [0.2, 0.25) is 5.88 Å². The maximum atomic E-state index is 10.9. The Morgan fingerprint density at radius 1 is 1.53 bits per heavy atom. The van der Waals surface area contributed by atoms with E-state index in [2.05, 4.69) is 18.1 Å². The maximum Gasteiger partial charge on any atom is 0.355 e. The van der Waals surface area contributed by atoms with Crippen LogP contribution >= 0.6 is 0 Å². The minimum atomic E-state index is -1.12. The predicted octanol–water partition coefficient (Wildman–Crippen LogP) is 2.07. The first-order valence-corrected chi connectivity index (χ1v) is 4.21. The Morgan fingerprint density at radius 2 is 2.20 bits per heavy atom. The number of carbonyl (C=O) groups is 1. The molecule has 0 fully saturated rings. The fraction of sp³-hybridized carbons (Fsp3) is 0.0909. The Labute approximate surface area is 87.5 Å². The molecular weight excluding hydrogens is 194 g/mol. The van der Waals surface area contributed by atoms with Crippen LogP contribution in [-0.4, -0.2) is 23.2 Å². The molecule has 1 heterocycles. The molecule has 4 nitrogen and oxygen atoms in total. The Kier molecular flexibility index (Phi) is 3.23. The first kappa shape index (κ1) is 11.0. The van der Waals surface area contributed by atoms with Crippen LogP contribution in [0.2, 0.25) is 0 Å². The fourth-order valence-corrected chi connectivity index (χ4v) is 1.20. The number of ether oxygens (including phenoxy) is 1. The number of aromatic nitrogens is 1. The van der Waals surface area contributed by atoms with E-state index in [-0.39, 0.29) is 11.6 Å². The van der Waals surface area contributed by atoms with E-state index in [0.717, 1.165) is 0 Å². The van der Waals surface area contributed by atoms with Gasteiger partial charge in [-0.15, -0.1) is 0 Å². The van der Waals surface area contributed by atoms with Crippen LogP contribution in [0.5, 0.6) is 5.88 Å². The minimum absolute atomic E-state index is 0.0840. The second-order valence-corrected chi connectivity index (χ2v) is 2.73. The van der Waals surface area contributed by atoms with Gasteiger partial charge >= 0.3 is 5.97 Å². The van der Waals surface area contributed by atoms with Gasteiger partial charge in [0.15, 0.2) is 5.69 Å². The van der Waals surface area contributed by atoms with Crippen LogP contribution in [-0.2, 0) is 0 Å². The van der Waals surface area contributed by atoms with Gasteiger partial charge in [-0.05, 0) is 5.56 Å². The number of methoxy groups -OCH3 is 1. The third-order valence-corrected chi connectivity index (χ3v) is 1.90. The lowest BCUT2D eigenvalue weighted by atomic mass is 10.1. The molecule has 78 valence electrons. The number of rotatable bonds is 4. The van der Waals surface area contributed by atoms with Crippen molar-refractivity contribution in [2.24, 2.45) is 0 Å². The second-order valence-electron chi connectivity index (χ2n) is 2.73. The van der Waals surface area contributed by atoms with Gasteiger partial charge in [0.05, 0.1) is 7.11 Å². The van der Waals surface area contributed by atoms with Crippen LogP contribution in [0.4, 0.5) is 0 Å². The summed E-state index contributed by atoms with van der Waals surface area (Å²) in [5.74, 6) is -0.875. The van der Waals surface area contributed by atoms with Gasteiger partial charge in [-0.3, -0.25) is 0 Å². The molecule has 0 aliphatic heterocycles. The van der Waals surface area contributed by atoms with Crippen molar-refractivity contribution in [3.63, 3.8) is 0 Å². The van der Waals surface area contributed by atoms with Crippen LogP contribution in [0.1, 0.15) is 21.6 Å². The molecule has 1 aromatic rings. The maximum absolute atomic E-state index is 10.9. The summed E-state index contributed by atoms with van der Waals surface area (Å²) in [6.07, 6.45) is 2.97. The monoisotopic (exact) mass is 205 g/mol. The number of nitrogens with zero attached hydrogens (tertiary/aromatic N) is 1. The Bertz CT molecular complexity index is 424. The summed E-state index contributed by atoms with van der Waals surface area (Å²) in [5.41, 5.74) is 0.992. The van der Waals surface area contributed by atoms with Crippen molar-refractivity contribution in [2.75, 3.05) is 7.11 Å². The zero-order valence-electron chi connectivity index (χ0n) is 8.36. The van der Waals surface area contributed by atoms with Crippen LogP contribution in [0.3, 0.4) is 0 Å². The zero-order chi connectivity index (χ0) is 11.4. The van der Waals surface area contributed by atoms with Gasteiger partial charge in [-0.25, -0.2) is 9.78 Å². The SMILES string of the molecule is C=Cc1cc(OC)nc(C(=O)O)c1C=C. The van der Waals surface area contributed by atoms with E-state index >= 15 is 0 Å². The summed E-state index contributed by atoms with van der Waals surface area (Å²) in [4.78, 5) is 14.7. The van der Waals surface area contributed by atoms with Crippen molar-refractivity contribution in [1.82, 2.24) is 4.98 Å².